The molecule has 0 spiro atoms. The SMILES string of the molecule is C#C[C@@H](CO)CCC(=O)N[C@@H](C)c1ccccc1. The third kappa shape index (κ3) is 4.60. The largest absolute Gasteiger partial charge is 0.395 e. The molecular weight excluding hydrogens is 226 g/mol. The Morgan fingerprint density at radius 2 is 2.11 bits per heavy atom. The molecule has 2 N–H and O–H groups in total. The molecule has 0 fully saturated rings. The quantitative estimate of drug-likeness (QED) is 0.752. The third-order valence-corrected chi connectivity index (χ3v) is 2.85. The molecule has 0 aliphatic rings. The second kappa shape index (κ2) is 7.52. The average molecular weight is 245 g/mol. The lowest BCUT2D eigenvalue weighted by Gasteiger charge is -2.14. The maximum Gasteiger partial charge on any atom is 0.220 e. The molecule has 1 amide bonds. The molecule has 0 aliphatic heterocycles. The Bertz CT molecular complexity index is 408. The van der Waals surface area contributed by atoms with Crippen molar-refractivity contribution >= 4 is 5.91 Å². The summed E-state index contributed by atoms with van der Waals surface area (Å²) in [7, 11) is 0. The van der Waals surface area contributed by atoms with Crippen LogP contribution in [0.25, 0.3) is 0 Å². The molecular formula is C15H19NO2. The first-order chi connectivity index (χ1) is 8.67. The molecule has 0 bridgehead atoms. The summed E-state index contributed by atoms with van der Waals surface area (Å²) in [6.45, 7) is 1.87. The zero-order valence-electron chi connectivity index (χ0n) is 10.6. The Hall–Kier alpha value is -1.79. The highest BCUT2D eigenvalue weighted by Gasteiger charge is 2.11. The minimum absolute atomic E-state index is 0.0166. The maximum absolute atomic E-state index is 11.7. The van der Waals surface area contributed by atoms with Gasteiger partial charge in [-0.3, -0.25) is 4.79 Å². The van der Waals surface area contributed by atoms with E-state index in [0.717, 1.165) is 5.56 Å². The zero-order valence-corrected chi connectivity index (χ0v) is 10.6. The van der Waals surface area contributed by atoms with Crippen LogP contribution in [-0.2, 0) is 4.79 Å². The highest BCUT2D eigenvalue weighted by molar-refractivity contribution is 5.76. The number of nitrogens with one attached hydrogen (secondary N) is 1. The van der Waals surface area contributed by atoms with E-state index in [-0.39, 0.29) is 24.5 Å². The number of carbonyl (C=O) groups is 1. The first-order valence-electron chi connectivity index (χ1n) is 6.08. The fourth-order valence-electron chi connectivity index (χ4n) is 1.67. The summed E-state index contributed by atoms with van der Waals surface area (Å²) in [5.41, 5.74) is 1.07. The summed E-state index contributed by atoms with van der Waals surface area (Å²) in [5.74, 6) is 2.19. The fraction of sp³-hybridized carbons (Fsp3) is 0.400. The van der Waals surface area contributed by atoms with Gasteiger partial charge in [-0.1, -0.05) is 30.3 Å². The maximum atomic E-state index is 11.7. The van der Waals surface area contributed by atoms with Crippen LogP contribution in [0.1, 0.15) is 31.4 Å². The van der Waals surface area contributed by atoms with Crippen molar-refractivity contribution in [3.8, 4) is 12.3 Å². The molecule has 96 valence electrons. The molecule has 0 saturated carbocycles. The van der Waals surface area contributed by atoms with Crippen LogP contribution in [0, 0.1) is 18.3 Å². The number of hydrogen-bond donors (Lipinski definition) is 2. The summed E-state index contributed by atoms with van der Waals surface area (Å²) in [6, 6.07) is 9.76. The predicted octanol–water partition coefficient (Wildman–Crippen LogP) is 1.89. The van der Waals surface area contributed by atoms with E-state index < -0.39 is 0 Å². The smallest absolute Gasteiger partial charge is 0.220 e. The van der Waals surface area contributed by atoms with Gasteiger partial charge in [-0.2, -0.15) is 0 Å². The predicted molar refractivity (Wildman–Crippen MR) is 71.6 cm³/mol. The van der Waals surface area contributed by atoms with Gasteiger partial charge in [0.15, 0.2) is 0 Å². The van der Waals surface area contributed by atoms with Gasteiger partial charge >= 0.3 is 0 Å². The first kappa shape index (κ1) is 14.3. The van der Waals surface area contributed by atoms with Crippen molar-refractivity contribution in [3.05, 3.63) is 35.9 Å². The van der Waals surface area contributed by atoms with Crippen LogP contribution < -0.4 is 5.32 Å². The van der Waals surface area contributed by atoms with Crippen LogP contribution in [0.15, 0.2) is 30.3 Å². The van der Waals surface area contributed by atoms with Gasteiger partial charge in [0.2, 0.25) is 5.91 Å². The molecule has 2 atom stereocenters. The van der Waals surface area contributed by atoms with E-state index in [2.05, 4.69) is 11.2 Å². The number of benzene rings is 1. The number of terminal acetylenes is 1. The fourth-order valence-corrected chi connectivity index (χ4v) is 1.67. The van der Waals surface area contributed by atoms with E-state index in [0.29, 0.717) is 12.8 Å². The van der Waals surface area contributed by atoms with Gasteiger partial charge in [-0.05, 0) is 18.9 Å². The van der Waals surface area contributed by atoms with Crippen molar-refractivity contribution in [3.63, 3.8) is 0 Å². The number of carbonyl (C=O) groups excluding carboxylic acids is 1. The number of rotatable bonds is 6. The minimum atomic E-state index is -0.234. The molecule has 0 unspecified atom stereocenters. The lowest BCUT2D eigenvalue weighted by Crippen LogP contribution is -2.27. The third-order valence-electron chi connectivity index (χ3n) is 2.85. The molecule has 1 rings (SSSR count). The molecule has 0 aromatic heterocycles. The molecule has 0 saturated heterocycles. The topological polar surface area (TPSA) is 49.3 Å². The Morgan fingerprint density at radius 3 is 2.67 bits per heavy atom. The highest BCUT2D eigenvalue weighted by atomic mass is 16.3. The number of hydrogen-bond acceptors (Lipinski definition) is 2. The Morgan fingerprint density at radius 1 is 1.44 bits per heavy atom. The summed E-state index contributed by atoms with van der Waals surface area (Å²) in [4.78, 5) is 11.7. The van der Waals surface area contributed by atoms with Gasteiger partial charge < -0.3 is 10.4 Å². The van der Waals surface area contributed by atoms with Crippen LogP contribution in [0.5, 0.6) is 0 Å². The van der Waals surface area contributed by atoms with E-state index in [9.17, 15) is 4.79 Å². The van der Waals surface area contributed by atoms with Crippen molar-refractivity contribution in [1.29, 1.82) is 0 Å². The van der Waals surface area contributed by atoms with Crippen LogP contribution in [0.4, 0.5) is 0 Å². The van der Waals surface area contributed by atoms with Crippen molar-refractivity contribution < 1.29 is 9.90 Å². The van der Waals surface area contributed by atoms with E-state index >= 15 is 0 Å². The molecule has 3 nitrogen and oxygen atoms in total. The van der Waals surface area contributed by atoms with Crippen molar-refractivity contribution in [2.24, 2.45) is 5.92 Å². The number of aliphatic hydroxyl groups is 1. The van der Waals surface area contributed by atoms with Crippen molar-refractivity contribution in [2.75, 3.05) is 6.61 Å². The van der Waals surface area contributed by atoms with E-state index in [1.54, 1.807) is 0 Å². The number of amides is 1. The van der Waals surface area contributed by atoms with E-state index in [1.165, 1.54) is 0 Å². The molecule has 1 aromatic rings. The summed E-state index contributed by atoms with van der Waals surface area (Å²) in [5, 5.41) is 11.8. The first-order valence-corrected chi connectivity index (χ1v) is 6.08. The lowest BCUT2D eigenvalue weighted by molar-refractivity contribution is -0.122. The highest BCUT2D eigenvalue weighted by Crippen LogP contribution is 2.12. The normalized spacial score (nSPS) is 13.4. The zero-order chi connectivity index (χ0) is 13.4. The Kier molecular flexibility index (Phi) is 5.96. The molecule has 3 heteroatoms. The standard InChI is InChI=1S/C15H19NO2/c1-3-13(11-17)9-10-15(18)16-12(2)14-7-5-4-6-8-14/h1,4-8,12-13,17H,9-11H2,2H3,(H,16,18)/t12-,13+/m0/s1. The van der Waals surface area contributed by atoms with Crippen LogP contribution in [0.2, 0.25) is 0 Å². The van der Waals surface area contributed by atoms with Crippen LogP contribution >= 0.6 is 0 Å². The van der Waals surface area contributed by atoms with E-state index in [4.69, 9.17) is 11.5 Å². The van der Waals surface area contributed by atoms with Gasteiger partial charge in [-0.15, -0.1) is 12.3 Å². The van der Waals surface area contributed by atoms with Gasteiger partial charge in [-0.25, -0.2) is 0 Å². The monoisotopic (exact) mass is 245 g/mol. The van der Waals surface area contributed by atoms with Crippen LogP contribution in [-0.4, -0.2) is 17.6 Å². The Balaban J connectivity index is 2.39. The summed E-state index contributed by atoms with van der Waals surface area (Å²) in [6.07, 6.45) is 6.07. The van der Waals surface area contributed by atoms with Gasteiger partial charge in [0.1, 0.15) is 0 Å². The molecule has 1 aromatic carbocycles. The average Bonchev–Trinajstić information content (AvgIpc) is 2.41. The van der Waals surface area contributed by atoms with Gasteiger partial charge in [0.25, 0.3) is 0 Å². The molecule has 0 heterocycles. The van der Waals surface area contributed by atoms with E-state index in [1.807, 2.05) is 37.3 Å². The minimum Gasteiger partial charge on any atom is -0.395 e. The van der Waals surface area contributed by atoms with Crippen molar-refractivity contribution in [2.45, 2.75) is 25.8 Å². The van der Waals surface area contributed by atoms with Crippen LogP contribution in [0.3, 0.4) is 0 Å². The molecule has 18 heavy (non-hydrogen) atoms. The summed E-state index contributed by atoms with van der Waals surface area (Å²) >= 11 is 0. The number of aliphatic hydroxyl groups excluding tert-OH is 1. The molecule has 0 aliphatic carbocycles. The second-order valence-electron chi connectivity index (χ2n) is 4.28. The second-order valence-corrected chi connectivity index (χ2v) is 4.28. The van der Waals surface area contributed by atoms with Crippen molar-refractivity contribution in [1.82, 2.24) is 5.32 Å². The van der Waals surface area contributed by atoms with Gasteiger partial charge in [0, 0.05) is 12.3 Å². The summed E-state index contributed by atoms with van der Waals surface area (Å²) < 4.78 is 0. The lowest BCUT2D eigenvalue weighted by atomic mass is 10.0. The van der Waals surface area contributed by atoms with Gasteiger partial charge in [0.05, 0.1) is 12.6 Å². The Labute approximate surface area is 108 Å². The molecule has 0 radical (unpaired) electrons.